The molecule has 1 aromatic carbocycles. The van der Waals surface area contributed by atoms with E-state index in [1.165, 1.54) is 0 Å². The van der Waals surface area contributed by atoms with Crippen molar-refractivity contribution >= 4 is 0 Å². The van der Waals surface area contributed by atoms with Gasteiger partial charge in [-0.3, -0.25) is 0 Å². The van der Waals surface area contributed by atoms with Crippen LogP contribution in [0, 0.1) is 0 Å². The van der Waals surface area contributed by atoms with Crippen LogP contribution >= 0.6 is 0 Å². The van der Waals surface area contributed by atoms with Gasteiger partial charge in [-0.1, -0.05) is 24.8 Å². The Morgan fingerprint density at radius 2 is 2.00 bits per heavy atom. The highest BCUT2D eigenvalue weighted by Crippen LogP contribution is 2.15. The molecule has 0 aliphatic carbocycles. The van der Waals surface area contributed by atoms with E-state index in [4.69, 9.17) is 16.2 Å². The first-order valence-corrected chi connectivity index (χ1v) is 4.57. The predicted octanol–water partition coefficient (Wildman–Crippen LogP) is 1.21. The number of nitrogens with two attached hydrogens (primary N) is 2. The molecule has 1 rings (SSSR count). The van der Waals surface area contributed by atoms with Crippen molar-refractivity contribution in [1.82, 2.24) is 0 Å². The fraction of sp³-hybridized carbons (Fsp3) is 0.273. The number of benzene rings is 1. The number of rotatable bonds is 5. The van der Waals surface area contributed by atoms with Crippen molar-refractivity contribution in [3.05, 3.63) is 42.5 Å². The summed E-state index contributed by atoms with van der Waals surface area (Å²) < 4.78 is 5.33. The minimum Gasteiger partial charge on any atom is -0.490 e. The van der Waals surface area contributed by atoms with Gasteiger partial charge in [0.2, 0.25) is 0 Å². The fourth-order valence-corrected chi connectivity index (χ4v) is 1.10. The van der Waals surface area contributed by atoms with Crippen molar-refractivity contribution < 1.29 is 4.74 Å². The van der Waals surface area contributed by atoms with Crippen LogP contribution in [0.5, 0.6) is 5.75 Å². The third-order valence-electron chi connectivity index (χ3n) is 1.93. The maximum absolute atomic E-state index is 5.76. The zero-order valence-corrected chi connectivity index (χ0v) is 8.15. The van der Waals surface area contributed by atoms with Crippen LogP contribution in [0.15, 0.2) is 36.9 Å². The first kappa shape index (κ1) is 10.8. The van der Waals surface area contributed by atoms with Crippen molar-refractivity contribution in [2.24, 2.45) is 11.5 Å². The Morgan fingerprint density at radius 1 is 1.36 bits per heavy atom. The number of hydrogen-bond donors (Lipinski definition) is 2. The van der Waals surface area contributed by atoms with Gasteiger partial charge >= 0.3 is 0 Å². The Kier molecular flexibility index (Phi) is 4.16. The molecule has 0 unspecified atom stereocenters. The van der Waals surface area contributed by atoms with Crippen molar-refractivity contribution in [2.75, 3.05) is 13.2 Å². The predicted molar refractivity (Wildman–Crippen MR) is 58.1 cm³/mol. The lowest BCUT2D eigenvalue weighted by atomic mass is 10.1. The molecule has 3 nitrogen and oxygen atoms in total. The summed E-state index contributed by atoms with van der Waals surface area (Å²) >= 11 is 0. The van der Waals surface area contributed by atoms with Crippen LogP contribution in [0.3, 0.4) is 0 Å². The van der Waals surface area contributed by atoms with Gasteiger partial charge in [0, 0.05) is 12.6 Å². The Bertz CT molecular complexity index is 282. The maximum atomic E-state index is 5.76. The molecular formula is C11H16N2O. The lowest BCUT2D eigenvalue weighted by molar-refractivity contribution is 0.363. The van der Waals surface area contributed by atoms with Gasteiger partial charge in [0.25, 0.3) is 0 Å². The first-order chi connectivity index (χ1) is 6.77. The van der Waals surface area contributed by atoms with Crippen LogP contribution < -0.4 is 16.2 Å². The van der Waals surface area contributed by atoms with Crippen LogP contribution in [0.2, 0.25) is 0 Å². The van der Waals surface area contributed by atoms with Gasteiger partial charge in [-0.15, -0.1) is 0 Å². The molecule has 76 valence electrons. The first-order valence-electron chi connectivity index (χ1n) is 4.57. The van der Waals surface area contributed by atoms with Gasteiger partial charge in [-0.2, -0.15) is 0 Å². The Labute approximate surface area is 84.4 Å². The molecule has 3 heteroatoms. The fourth-order valence-electron chi connectivity index (χ4n) is 1.10. The van der Waals surface area contributed by atoms with Crippen LogP contribution in [0.1, 0.15) is 11.6 Å². The van der Waals surface area contributed by atoms with Crippen LogP contribution in [-0.4, -0.2) is 13.2 Å². The molecule has 0 saturated carbocycles. The molecule has 0 amide bonds. The van der Waals surface area contributed by atoms with Crippen molar-refractivity contribution in [1.29, 1.82) is 0 Å². The number of hydrogen-bond acceptors (Lipinski definition) is 3. The van der Waals surface area contributed by atoms with E-state index in [1.807, 2.05) is 24.3 Å². The third kappa shape index (κ3) is 2.87. The lowest BCUT2D eigenvalue weighted by Crippen LogP contribution is -2.20. The molecule has 0 aliphatic heterocycles. The largest absolute Gasteiger partial charge is 0.490 e. The molecule has 0 heterocycles. The summed E-state index contributed by atoms with van der Waals surface area (Å²) in [5, 5.41) is 0. The normalized spacial score (nSPS) is 12.1. The van der Waals surface area contributed by atoms with E-state index in [0.717, 1.165) is 11.3 Å². The second kappa shape index (κ2) is 5.42. The molecule has 0 aromatic heterocycles. The molecule has 4 N–H and O–H groups in total. The highest BCUT2D eigenvalue weighted by atomic mass is 16.5. The SMILES string of the molecule is C=CCOc1ccc([C@H](N)CN)cc1. The third-order valence-corrected chi connectivity index (χ3v) is 1.93. The molecule has 0 saturated heterocycles. The van der Waals surface area contributed by atoms with Gasteiger partial charge in [0.05, 0.1) is 0 Å². The molecule has 1 atom stereocenters. The average Bonchev–Trinajstić information content (AvgIpc) is 2.26. The van der Waals surface area contributed by atoms with Gasteiger partial charge in [-0.25, -0.2) is 0 Å². The summed E-state index contributed by atoms with van der Waals surface area (Å²) in [5.74, 6) is 0.817. The van der Waals surface area contributed by atoms with E-state index < -0.39 is 0 Å². The molecule has 0 radical (unpaired) electrons. The van der Waals surface area contributed by atoms with Gasteiger partial charge in [0.15, 0.2) is 0 Å². The van der Waals surface area contributed by atoms with Crippen molar-refractivity contribution in [3.8, 4) is 5.75 Å². The smallest absolute Gasteiger partial charge is 0.119 e. The summed E-state index contributed by atoms with van der Waals surface area (Å²) in [6.07, 6.45) is 1.71. The molecule has 0 bridgehead atoms. The summed E-state index contributed by atoms with van der Waals surface area (Å²) in [4.78, 5) is 0. The zero-order valence-electron chi connectivity index (χ0n) is 8.15. The van der Waals surface area contributed by atoms with Crippen LogP contribution in [0.4, 0.5) is 0 Å². The highest BCUT2D eigenvalue weighted by molar-refractivity contribution is 5.29. The van der Waals surface area contributed by atoms with E-state index in [0.29, 0.717) is 13.2 Å². The van der Waals surface area contributed by atoms with E-state index in [-0.39, 0.29) is 6.04 Å². The van der Waals surface area contributed by atoms with E-state index in [2.05, 4.69) is 6.58 Å². The average molecular weight is 192 g/mol. The Balaban J connectivity index is 2.63. The standard InChI is InChI=1S/C11H16N2O/c1-2-7-14-10-5-3-9(4-6-10)11(13)8-12/h2-6,11H,1,7-8,12-13H2/t11-/m1/s1. The van der Waals surface area contributed by atoms with Gasteiger partial charge in [-0.05, 0) is 17.7 Å². The summed E-state index contributed by atoms with van der Waals surface area (Å²) in [6, 6.07) is 7.53. The van der Waals surface area contributed by atoms with Crippen molar-refractivity contribution in [3.63, 3.8) is 0 Å². The molecule has 1 aromatic rings. The number of ether oxygens (including phenoxy) is 1. The molecule has 14 heavy (non-hydrogen) atoms. The Morgan fingerprint density at radius 3 is 2.50 bits per heavy atom. The minimum atomic E-state index is -0.0940. The van der Waals surface area contributed by atoms with Crippen LogP contribution in [-0.2, 0) is 0 Å². The second-order valence-corrected chi connectivity index (χ2v) is 3.01. The summed E-state index contributed by atoms with van der Waals surface area (Å²) in [6.45, 7) is 4.54. The molecule has 0 aliphatic rings. The topological polar surface area (TPSA) is 61.3 Å². The van der Waals surface area contributed by atoms with E-state index in [9.17, 15) is 0 Å². The molecule has 0 spiro atoms. The highest BCUT2D eigenvalue weighted by Gasteiger charge is 2.02. The molecule has 0 fully saturated rings. The summed E-state index contributed by atoms with van der Waals surface area (Å²) in [5.41, 5.74) is 12.2. The van der Waals surface area contributed by atoms with E-state index in [1.54, 1.807) is 6.08 Å². The summed E-state index contributed by atoms with van der Waals surface area (Å²) in [7, 11) is 0. The zero-order chi connectivity index (χ0) is 10.4. The van der Waals surface area contributed by atoms with Gasteiger partial charge in [0.1, 0.15) is 12.4 Å². The lowest BCUT2D eigenvalue weighted by Gasteiger charge is -2.09. The Hall–Kier alpha value is -1.32. The van der Waals surface area contributed by atoms with Gasteiger partial charge < -0.3 is 16.2 Å². The molecular weight excluding hydrogens is 176 g/mol. The quantitative estimate of drug-likeness (QED) is 0.689. The van der Waals surface area contributed by atoms with Crippen LogP contribution in [0.25, 0.3) is 0 Å². The van der Waals surface area contributed by atoms with E-state index >= 15 is 0 Å². The minimum absolute atomic E-state index is 0.0940. The second-order valence-electron chi connectivity index (χ2n) is 3.01. The maximum Gasteiger partial charge on any atom is 0.119 e. The van der Waals surface area contributed by atoms with Crippen molar-refractivity contribution in [2.45, 2.75) is 6.04 Å². The monoisotopic (exact) mass is 192 g/mol.